The van der Waals surface area contributed by atoms with E-state index in [4.69, 9.17) is 9.47 Å². The number of cyclic esters (lactones) is 1. The molecule has 1 aliphatic rings. The number of halogens is 1. The first-order valence-electron chi connectivity index (χ1n) is 4.34. The van der Waals surface area contributed by atoms with Gasteiger partial charge in [0.15, 0.2) is 6.10 Å². The Balaban J connectivity index is 0.00000112. The third-order valence-electron chi connectivity index (χ3n) is 1.98. The second-order valence-corrected chi connectivity index (χ2v) is 3.93. The third kappa shape index (κ3) is 3.48. The zero-order chi connectivity index (χ0) is 9.97. The quantitative estimate of drug-likeness (QED) is 0.611. The van der Waals surface area contributed by atoms with E-state index < -0.39 is 6.10 Å². The minimum Gasteiger partial charge on any atom is -0.479 e. The van der Waals surface area contributed by atoms with E-state index in [0.717, 1.165) is 4.47 Å². The topological polar surface area (TPSA) is 35.5 Å². The number of benzene rings is 1. The van der Waals surface area contributed by atoms with Gasteiger partial charge in [-0.05, 0) is 24.3 Å². The number of carbonyl (C=O) groups excluding carboxylic acids is 1. The molecule has 2 rings (SSSR count). The van der Waals surface area contributed by atoms with Gasteiger partial charge in [0.2, 0.25) is 0 Å². The van der Waals surface area contributed by atoms with E-state index in [1.165, 1.54) is 0 Å². The summed E-state index contributed by atoms with van der Waals surface area (Å²) in [5, 5.41) is 0. The van der Waals surface area contributed by atoms with E-state index in [-0.39, 0.29) is 35.5 Å². The Morgan fingerprint density at radius 2 is 2.00 bits per heavy atom. The summed E-state index contributed by atoms with van der Waals surface area (Å²) in [5.74, 6) is 0.421. The monoisotopic (exact) mass is 279 g/mol. The molecule has 1 fully saturated rings. The van der Waals surface area contributed by atoms with Crippen LogP contribution in [-0.4, -0.2) is 48.2 Å². The maximum absolute atomic E-state index is 11.1. The summed E-state index contributed by atoms with van der Waals surface area (Å²) in [6.07, 6.45) is 0.200. The summed E-state index contributed by atoms with van der Waals surface area (Å²) in [7, 11) is 0. The van der Waals surface area contributed by atoms with E-state index in [1.54, 1.807) is 0 Å². The van der Waals surface area contributed by atoms with Crippen LogP contribution in [-0.2, 0) is 9.53 Å². The molecule has 3 nitrogen and oxygen atoms in total. The van der Waals surface area contributed by atoms with Crippen molar-refractivity contribution in [3.05, 3.63) is 28.7 Å². The Hall–Kier alpha value is -0.0300. The van der Waals surface area contributed by atoms with E-state index in [2.05, 4.69) is 15.9 Å². The summed E-state index contributed by atoms with van der Waals surface area (Å²) >= 11 is 3.32. The molecular weight excluding hydrogens is 271 g/mol. The summed E-state index contributed by atoms with van der Waals surface area (Å²) in [6, 6.07) is 7.37. The molecule has 0 amide bonds. The normalized spacial score (nSPS) is 19.3. The fourth-order valence-electron chi connectivity index (χ4n) is 1.26. The molecule has 0 bridgehead atoms. The molecule has 1 atom stereocenters. The first-order valence-corrected chi connectivity index (χ1v) is 5.14. The van der Waals surface area contributed by atoms with Crippen molar-refractivity contribution in [1.29, 1.82) is 0 Å². The average molecular weight is 280 g/mol. The van der Waals surface area contributed by atoms with Gasteiger partial charge in [0.1, 0.15) is 5.75 Å². The van der Waals surface area contributed by atoms with Crippen LogP contribution < -0.4 is 4.74 Å². The van der Waals surface area contributed by atoms with E-state index in [0.29, 0.717) is 18.8 Å². The van der Waals surface area contributed by atoms with Crippen molar-refractivity contribution in [2.24, 2.45) is 0 Å². The predicted molar refractivity (Wildman–Crippen MR) is 59.9 cm³/mol. The predicted octanol–water partition coefficient (Wildman–Crippen LogP) is 1.76. The van der Waals surface area contributed by atoms with Crippen molar-refractivity contribution in [1.82, 2.24) is 0 Å². The molecule has 5 heteroatoms. The van der Waals surface area contributed by atoms with Gasteiger partial charge < -0.3 is 9.47 Å². The molecular formula is C10H9BrNaO3. The Morgan fingerprint density at radius 1 is 1.33 bits per heavy atom. The molecule has 1 aromatic rings. The second kappa shape index (κ2) is 5.89. The Labute approximate surface area is 119 Å². The zero-order valence-corrected chi connectivity index (χ0v) is 12.0. The van der Waals surface area contributed by atoms with Gasteiger partial charge in [-0.3, -0.25) is 0 Å². The molecule has 1 saturated heterocycles. The Kier molecular flexibility index (Phi) is 5.12. The summed E-state index contributed by atoms with van der Waals surface area (Å²) in [6.45, 7) is 0.458. The van der Waals surface area contributed by atoms with E-state index >= 15 is 0 Å². The number of carbonyl (C=O) groups is 1. The number of ether oxygens (including phenoxy) is 2. The first kappa shape index (κ1) is 13.0. The van der Waals surface area contributed by atoms with Crippen molar-refractivity contribution in [3.8, 4) is 5.75 Å². The van der Waals surface area contributed by atoms with Crippen molar-refractivity contribution in [3.63, 3.8) is 0 Å². The van der Waals surface area contributed by atoms with E-state index in [1.807, 2.05) is 24.3 Å². The van der Waals surface area contributed by atoms with E-state index in [9.17, 15) is 4.79 Å². The average Bonchev–Trinajstić information content (AvgIpc) is 2.56. The molecule has 75 valence electrons. The Morgan fingerprint density at radius 3 is 2.53 bits per heavy atom. The number of hydrogen-bond donors (Lipinski definition) is 0. The second-order valence-electron chi connectivity index (χ2n) is 3.02. The van der Waals surface area contributed by atoms with Crippen molar-refractivity contribution < 1.29 is 14.3 Å². The maximum atomic E-state index is 11.1. The van der Waals surface area contributed by atoms with Crippen LogP contribution in [0.15, 0.2) is 28.7 Å². The van der Waals surface area contributed by atoms with Crippen molar-refractivity contribution in [2.45, 2.75) is 12.5 Å². The molecule has 0 N–H and O–H groups in total. The van der Waals surface area contributed by atoms with Crippen LogP contribution in [0.1, 0.15) is 6.42 Å². The minimum atomic E-state index is -0.434. The largest absolute Gasteiger partial charge is 0.479 e. The molecule has 1 radical (unpaired) electrons. The molecule has 0 saturated carbocycles. The van der Waals surface area contributed by atoms with Crippen molar-refractivity contribution in [2.75, 3.05) is 6.61 Å². The van der Waals surface area contributed by atoms with Gasteiger partial charge in [-0.25, -0.2) is 4.79 Å². The molecule has 1 aliphatic heterocycles. The van der Waals surface area contributed by atoms with Gasteiger partial charge in [0, 0.05) is 40.5 Å². The number of hydrogen-bond acceptors (Lipinski definition) is 3. The molecule has 0 spiro atoms. The molecule has 0 aromatic heterocycles. The van der Waals surface area contributed by atoms with Gasteiger partial charge in [-0.2, -0.15) is 0 Å². The SMILES string of the molecule is O=C1OCCC1Oc1ccc(Br)cc1.[Na]. The van der Waals surface area contributed by atoms with Gasteiger partial charge in [-0.1, -0.05) is 15.9 Å². The molecule has 1 unspecified atom stereocenters. The fraction of sp³-hybridized carbons (Fsp3) is 0.300. The molecule has 1 aromatic carbocycles. The first-order chi connectivity index (χ1) is 6.75. The summed E-state index contributed by atoms with van der Waals surface area (Å²) in [4.78, 5) is 11.1. The molecule has 15 heavy (non-hydrogen) atoms. The van der Waals surface area contributed by atoms with Gasteiger partial charge >= 0.3 is 5.97 Å². The van der Waals surface area contributed by atoms with Crippen LogP contribution in [0.4, 0.5) is 0 Å². The summed E-state index contributed by atoms with van der Waals surface area (Å²) in [5.41, 5.74) is 0. The zero-order valence-electron chi connectivity index (χ0n) is 8.40. The molecule has 0 aliphatic carbocycles. The summed E-state index contributed by atoms with van der Waals surface area (Å²) < 4.78 is 11.2. The van der Waals surface area contributed by atoms with Crippen LogP contribution in [0.3, 0.4) is 0 Å². The minimum absolute atomic E-state index is 0. The number of rotatable bonds is 2. The molecule has 1 heterocycles. The van der Waals surface area contributed by atoms with Gasteiger partial charge in [-0.15, -0.1) is 0 Å². The van der Waals surface area contributed by atoms with Crippen LogP contribution >= 0.6 is 15.9 Å². The van der Waals surface area contributed by atoms with Crippen LogP contribution in [0, 0.1) is 0 Å². The van der Waals surface area contributed by atoms with Crippen molar-refractivity contribution >= 4 is 51.5 Å². The van der Waals surface area contributed by atoms with Gasteiger partial charge in [0.05, 0.1) is 6.61 Å². The van der Waals surface area contributed by atoms with Gasteiger partial charge in [0.25, 0.3) is 0 Å². The smallest absolute Gasteiger partial charge is 0.347 e. The van der Waals surface area contributed by atoms with Crippen LogP contribution in [0.5, 0.6) is 5.75 Å². The third-order valence-corrected chi connectivity index (χ3v) is 2.51. The number of esters is 1. The Bertz CT molecular complexity index is 339. The fourth-order valence-corrected chi connectivity index (χ4v) is 1.53. The van der Waals surface area contributed by atoms with Crippen LogP contribution in [0.25, 0.3) is 0 Å². The van der Waals surface area contributed by atoms with Crippen LogP contribution in [0.2, 0.25) is 0 Å². The standard InChI is InChI=1S/C10H9BrO3.Na/c11-7-1-3-8(4-2-7)14-9-5-6-13-10(9)12;/h1-4,9H,5-6H2;. The maximum Gasteiger partial charge on any atom is 0.347 e.